The number of aromatic nitrogens is 1. The number of benzene rings is 3. The summed E-state index contributed by atoms with van der Waals surface area (Å²) in [5.41, 5.74) is 2.72. The van der Waals surface area contributed by atoms with Crippen molar-refractivity contribution in [1.29, 1.82) is 0 Å². The largest absolute Gasteiger partial charge is 0.429 e. The molecule has 1 aromatic heterocycles. The number of hydrogen-bond donors (Lipinski definition) is 2. The number of anilines is 1. The Kier molecular flexibility index (Phi) is 6.66. The van der Waals surface area contributed by atoms with E-state index in [9.17, 15) is 8.42 Å². The first kappa shape index (κ1) is 22.5. The van der Waals surface area contributed by atoms with Crippen LogP contribution in [0.2, 0.25) is 5.02 Å². The molecule has 0 radical (unpaired) electrons. The van der Waals surface area contributed by atoms with E-state index < -0.39 is 10.0 Å². The number of para-hydroxylation sites is 1. The van der Waals surface area contributed by atoms with E-state index in [1.807, 2.05) is 22.8 Å². The SMILES string of the molecule is CC[NH+](Cc1ccccc1)Cn1c(=S)oc2ccc(S(=O)(=O)Nc3ccccc3Cl)cc21. The second-order valence-corrected chi connectivity index (χ2v) is 9.87. The third-order valence-electron chi connectivity index (χ3n) is 5.25. The lowest BCUT2D eigenvalue weighted by Gasteiger charge is -2.18. The molecule has 6 nitrogen and oxygen atoms in total. The van der Waals surface area contributed by atoms with Crippen molar-refractivity contribution in [3.05, 3.63) is 88.2 Å². The molecule has 0 saturated heterocycles. The van der Waals surface area contributed by atoms with Crippen LogP contribution in [0.4, 0.5) is 5.69 Å². The van der Waals surface area contributed by atoms with Gasteiger partial charge < -0.3 is 9.32 Å². The lowest BCUT2D eigenvalue weighted by Crippen LogP contribution is -3.09. The monoisotopic (exact) mass is 488 g/mol. The zero-order valence-corrected chi connectivity index (χ0v) is 19.8. The highest BCUT2D eigenvalue weighted by molar-refractivity contribution is 7.92. The van der Waals surface area contributed by atoms with Crippen molar-refractivity contribution in [1.82, 2.24) is 4.57 Å². The minimum atomic E-state index is -3.85. The highest BCUT2D eigenvalue weighted by Gasteiger charge is 2.20. The maximum absolute atomic E-state index is 13.0. The molecule has 0 fully saturated rings. The van der Waals surface area contributed by atoms with Crippen molar-refractivity contribution in [2.24, 2.45) is 0 Å². The summed E-state index contributed by atoms with van der Waals surface area (Å²) in [6.07, 6.45) is 0. The predicted octanol–water partition coefficient (Wildman–Crippen LogP) is 4.48. The zero-order chi connectivity index (χ0) is 22.7. The number of rotatable bonds is 8. The summed E-state index contributed by atoms with van der Waals surface area (Å²) in [6.45, 7) is 4.35. The summed E-state index contributed by atoms with van der Waals surface area (Å²) < 4.78 is 36.1. The molecular formula is C23H23ClN3O3S2+. The molecule has 0 aliphatic carbocycles. The average Bonchev–Trinajstić information content (AvgIpc) is 3.09. The summed E-state index contributed by atoms with van der Waals surface area (Å²) in [5, 5.41) is 0.325. The molecule has 32 heavy (non-hydrogen) atoms. The molecule has 2 N–H and O–H groups in total. The Hall–Kier alpha value is -2.65. The van der Waals surface area contributed by atoms with Gasteiger partial charge in [0.2, 0.25) is 0 Å². The quantitative estimate of drug-likeness (QED) is 0.359. The molecule has 1 atom stereocenters. The molecule has 0 aliphatic heterocycles. The lowest BCUT2D eigenvalue weighted by molar-refractivity contribution is -0.934. The average molecular weight is 489 g/mol. The minimum Gasteiger partial charge on any atom is -0.429 e. The molecule has 0 aliphatic rings. The molecule has 1 heterocycles. The smallest absolute Gasteiger partial charge is 0.274 e. The van der Waals surface area contributed by atoms with Crippen LogP contribution < -0.4 is 9.62 Å². The summed E-state index contributed by atoms with van der Waals surface area (Å²) in [5.74, 6) is 0. The fourth-order valence-electron chi connectivity index (χ4n) is 3.51. The van der Waals surface area contributed by atoms with Crippen LogP contribution in [0.1, 0.15) is 12.5 Å². The Balaban J connectivity index is 1.66. The van der Waals surface area contributed by atoms with E-state index in [1.54, 1.807) is 36.4 Å². The van der Waals surface area contributed by atoms with Gasteiger partial charge in [0, 0.05) is 5.56 Å². The molecular weight excluding hydrogens is 466 g/mol. The van der Waals surface area contributed by atoms with E-state index in [1.165, 1.54) is 16.5 Å². The van der Waals surface area contributed by atoms with Crippen LogP contribution in [0.25, 0.3) is 11.1 Å². The summed E-state index contributed by atoms with van der Waals surface area (Å²) in [6, 6.07) is 21.6. The topological polar surface area (TPSA) is 68.7 Å². The van der Waals surface area contributed by atoms with E-state index in [2.05, 4.69) is 23.8 Å². The maximum Gasteiger partial charge on any atom is 0.274 e. The van der Waals surface area contributed by atoms with E-state index in [0.717, 1.165) is 13.1 Å². The second kappa shape index (κ2) is 9.46. The Morgan fingerprint density at radius 1 is 1.06 bits per heavy atom. The lowest BCUT2D eigenvalue weighted by atomic mass is 10.2. The fourth-order valence-corrected chi connectivity index (χ4v) is 5.10. The molecule has 4 aromatic rings. The van der Waals surface area contributed by atoms with Gasteiger partial charge in [0.15, 0.2) is 12.3 Å². The summed E-state index contributed by atoms with van der Waals surface area (Å²) in [7, 11) is -3.85. The van der Waals surface area contributed by atoms with Gasteiger partial charge in [-0.1, -0.05) is 54.1 Å². The van der Waals surface area contributed by atoms with E-state index in [4.69, 9.17) is 28.2 Å². The van der Waals surface area contributed by atoms with Crippen LogP contribution in [0.15, 0.2) is 82.1 Å². The number of quaternary nitrogens is 1. The minimum absolute atomic E-state index is 0.107. The summed E-state index contributed by atoms with van der Waals surface area (Å²) in [4.78, 5) is 1.68. The van der Waals surface area contributed by atoms with E-state index in [-0.39, 0.29) is 4.90 Å². The third kappa shape index (κ3) is 4.88. The Labute approximate surface area is 197 Å². The number of hydrogen-bond acceptors (Lipinski definition) is 4. The van der Waals surface area contributed by atoms with Gasteiger partial charge in [-0.15, -0.1) is 0 Å². The first-order valence-electron chi connectivity index (χ1n) is 10.2. The molecule has 0 saturated carbocycles. The molecule has 166 valence electrons. The highest BCUT2D eigenvalue weighted by atomic mass is 35.5. The van der Waals surface area contributed by atoms with Gasteiger partial charge in [0.25, 0.3) is 14.9 Å². The van der Waals surface area contributed by atoms with Gasteiger partial charge in [-0.3, -0.25) is 9.29 Å². The Morgan fingerprint density at radius 2 is 1.78 bits per heavy atom. The molecule has 1 unspecified atom stereocenters. The van der Waals surface area contributed by atoms with Crippen molar-refractivity contribution in [2.75, 3.05) is 11.3 Å². The first-order valence-corrected chi connectivity index (χ1v) is 12.4. The zero-order valence-electron chi connectivity index (χ0n) is 17.4. The molecule has 3 aromatic carbocycles. The van der Waals surface area contributed by atoms with E-state index >= 15 is 0 Å². The van der Waals surface area contributed by atoms with Gasteiger partial charge in [-0.2, -0.15) is 0 Å². The van der Waals surface area contributed by atoms with Crippen LogP contribution in [0, 0.1) is 4.84 Å². The fraction of sp³-hybridized carbons (Fsp3) is 0.174. The van der Waals surface area contributed by atoms with Crippen LogP contribution in [-0.2, 0) is 23.2 Å². The van der Waals surface area contributed by atoms with Gasteiger partial charge in [0.1, 0.15) is 6.54 Å². The van der Waals surface area contributed by atoms with Crippen molar-refractivity contribution < 1.29 is 17.7 Å². The molecule has 0 spiro atoms. The molecule has 4 rings (SSSR count). The number of fused-ring (bicyclic) bond motifs is 1. The number of oxazole rings is 1. The van der Waals surface area contributed by atoms with Gasteiger partial charge >= 0.3 is 0 Å². The van der Waals surface area contributed by atoms with Crippen molar-refractivity contribution in [3.63, 3.8) is 0 Å². The molecule has 0 amide bonds. The normalized spacial score (nSPS) is 12.7. The number of sulfonamides is 1. The molecule has 9 heteroatoms. The highest BCUT2D eigenvalue weighted by Crippen LogP contribution is 2.26. The van der Waals surface area contributed by atoms with Gasteiger partial charge in [-0.25, -0.2) is 8.42 Å². The third-order valence-corrected chi connectivity index (χ3v) is 7.24. The maximum atomic E-state index is 13.0. The predicted molar refractivity (Wildman–Crippen MR) is 129 cm³/mol. The number of nitrogens with zero attached hydrogens (tertiary/aromatic N) is 1. The van der Waals surface area contributed by atoms with Crippen molar-refractivity contribution >= 4 is 50.6 Å². The standard InChI is InChI=1S/C23H22ClN3O3S2/c1-2-26(15-17-8-4-3-5-9-17)16-27-21-14-18(12-13-22(21)30-23(27)31)32(28,29)25-20-11-7-6-10-19(20)24/h3-14,25H,2,15-16H2,1H3/p+1. The molecule has 0 bridgehead atoms. The Bertz CT molecular complexity index is 1400. The Morgan fingerprint density at radius 3 is 2.50 bits per heavy atom. The van der Waals surface area contributed by atoms with Crippen LogP contribution in [0.5, 0.6) is 0 Å². The van der Waals surface area contributed by atoms with Gasteiger partial charge in [0.05, 0.1) is 27.7 Å². The van der Waals surface area contributed by atoms with Crippen molar-refractivity contribution in [2.45, 2.75) is 25.0 Å². The number of nitrogens with one attached hydrogen (secondary N) is 2. The van der Waals surface area contributed by atoms with Crippen molar-refractivity contribution in [3.8, 4) is 0 Å². The van der Waals surface area contributed by atoms with Gasteiger partial charge in [-0.05, 0) is 49.5 Å². The van der Waals surface area contributed by atoms with E-state index in [0.29, 0.717) is 33.3 Å². The van der Waals surface area contributed by atoms with Crippen LogP contribution in [-0.4, -0.2) is 19.5 Å². The second-order valence-electron chi connectivity index (χ2n) is 7.43. The van der Waals surface area contributed by atoms with Crippen LogP contribution in [0.3, 0.4) is 0 Å². The van der Waals surface area contributed by atoms with Crippen LogP contribution >= 0.6 is 23.8 Å². The first-order chi connectivity index (χ1) is 15.4. The number of halogens is 1. The summed E-state index contributed by atoms with van der Waals surface area (Å²) >= 11 is 11.6.